The van der Waals surface area contributed by atoms with E-state index in [1.54, 1.807) is 12.1 Å². The molecule has 2 rings (SSSR count). The van der Waals surface area contributed by atoms with Gasteiger partial charge in [0.1, 0.15) is 11.3 Å². The highest BCUT2D eigenvalue weighted by atomic mass is 32.2. The van der Waals surface area contributed by atoms with Gasteiger partial charge in [-0.3, -0.25) is 0 Å². The lowest BCUT2D eigenvalue weighted by Gasteiger charge is -2.02. The zero-order valence-corrected chi connectivity index (χ0v) is 12.3. The fourth-order valence-corrected chi connectivity index (χ4v) is 2.96. The van der Waals surface area contributed by atoms with Crippen molar-refractivity contribution in [3.8, 4) is 0 Å². The molecule has 0 atom stereocenters. The average Bonchev–Trinajstić information content (AvgIpc) is 2.66. The molecule has 1 N–H and O–H groups in total. The van der Waals surface area contributed by atoms with Crippen molar-refractivity contribution in [3.05, 3.63) is 24.0 Å². The number of imidazole rings is 1. The van der Waals surface area contributed by atoms with E-state index in [1.807, 2.05) is 17.7 Å². The molecule has 104 valence electrons. The third kappa shape index (κ3) is 2.79. The largest absolute Gasteiger partial charge is 0.331 e. The van der Waals surface area contributed by atoms with Crippen LogP contribution in [0.25, 0.3) is 11.0 Å². The Hall–Kier alpha value is -1.40. The molecular formula is C13H19N3O2S. The molecule has 19 heavy (non-hydrogen) atoms. The minimum atomic E-state index is -3.25. The summed E-state index contributed by atoms with van der Waals surface area (Å²) in [6.07, 6.45) is 2.00. The zero-order chi connectivity index (χ0) is 14.0. The van der Waals surface area contributed by atoms with Gasteiger partial charge >= 0.3 is 0 Å². The SMILES string of the molecule is CCNCCc1nc2c(S(C)(=O)=O)cccc2n1C. The van der Waals surface area contributed by atoms with E-state index in [4.69, 9.17) is 0 Å². The number of aryl methyl sites for hydroxylation is 1. The topological polar surface area (TPSA) is 64.0 Å². The Kier molecular flexibility index (Phi) is 3.91. The highest BCUT2D eigenvalue weighted by Crippen LogP contribution is 2.23. The molecule has 0 saturated heterocycles. The summed E-state index contributed by atoms with van der Waals surface area (Å²) in [5.74, 6) is 0.895. The van der Waals surface area contributed by atoms with Crippen LogP contribution in [0.1, 0.15) is 12.7 Å². The van der Waals surface area contributed by atoms with Crippen LogP contribution in [0.15, 0.2) is 23.1 Å². The smallest absolute Gasteiger partial charge is 0.177 e. The van der Waals surface area contributed by atoms with Gasteiger partial charge in [0, 0.05) is 26.3 Å². The number of fused-ring (bicyclic) bond motifs is 1. The van der Waals surface area contributed by atoms with Crippen molar-refractivity contribution in [1.82, 2.24) is 14.9 Å². The number of sulfone groups is 1. The first-order valence-corrected chi connectivity index (χ1v) is 8.19. The molecule has 0 aliphatic rings. The first-order chi connectivity index (χ1) is 8.95. The van der Waals surface area contributed by atoms with Gasteiger partial charge in [-0.15, -0.1) is 0 Å². The number of hydrogen-bond donors (Lipinski definition) is 1. The summed E-state index contributed by atoms with van der Waals surface area (Å²) in [5.41, 5.74) is 1.42. The normalized spacial score (nSPS) is 12.2. The van der Waals surface area contributed by atoms with Crippen LogP contribution in [0.3, 0.4) is 0 Å². The van der Waals surface area contributed by atoms with Gasteiger partial charge in [0.25, 0.3) is 0 Å². The molecule has 0 saturated carbocycles. The van der Waals surface area contributed by atoms with Crippen LogP contribution < -0.4 is 5.32 Å². The quantitative estimate of drug-likeness (QED) is 0.834. The highest BCUT2D eigenvalue weighted by molar-refractivity contribution is 7.91. The molecule has 1 aromatic carbocycles. The van der Waals surface area contributed by atoms with Crippen LogP contribution in [-0.2, 0) is 23.3 Å². The van der Waals surface area contributed by atoms with Crippen LogP contribution in [-0.4, -0.2) is 37.3 Å². The third-order valence-electron chi connectivity index (χ3n) is 3.14. The summed E-state index contributed by atoms with van der Waals surface area (Å²) in [6.45, 7) is 3.80. The van der Waals surface area contributed by atoms with E-state index in [0.29, 0.717) is 10.4 Å². The van der Waals surface area contributed by atoms with Gasteiger partial charge in [-0.05, 0) is 18.7 Å². The highest BCUT2D eigenvalue weighted by Gasteiger charge is 2.16. The second-order valence-electron chi connectivity index (χ2n) is 4.59. The lowest BCUT2D eigenvalue weighted by atomic mass is 10.3. The van der Waals surface area contributed by atoms with Crippen molar-refractivity contribution in [3.63, 3.8) is 0 Å². The molecule has 0 spiro atoms. The number of rotatable bonds is 5. The van der Waals surface area contributed by atoms with Gasteiger partial charge in [0.2, 0.25) is 0 Å². The van der Waals surface area contributed by atoms with Crippen molar-refractivity contribution in [2.75, 3.05) is 19.3 Å². The standard InChI is InChI=1S/C13H19N3O2S/c1-4-14-9-8-12-15-13-10(16(12)2)6-5-7-11(13)19(3,17)18/h5-7,14H,4,8-9H2,1-3H3. The summed E-state index contributed by atoms with van der Waals surface area (Å²) in [7, 11) is -1.33. The molecule has 6 heteroatoms. The Morgan fingerprint density at radius 3 is 2.74 bits per heavy atom. The van der Waals surface area contributed by atoms with Crippen molar-refractivity contribution in [2.45, 2.75) is 18.2 Å². The predicted molar refractivity (Wildman–Crippen MR) is 76.1 cm³/mol. The second-order valence-corrected chi connectivity index (χ2v) is 6.57. The molecule has 1 heterocycles. The first-order valence-electron chi connectivity index (χ1n) is 6.30. The van der Waals surface area contributed by atoms with Gasteiger partial charge in [0.05, 0.1) is 10.4 Å². The number of para-hydroxylation sites is 1. The van der Waals surface area contributed by atoms with Crippen LogP contribution in [0.5, 0.6) is 0 Å². The van der Waals surface area contributed by atoms with Gasteiger partial charge in [0.15, 0.2) is 9.84 Å². The Morgan fingerprint density at radius 2 is 2.11 bits per heavy atom. The molecule has 2 aromatic rings. The molecule has 0 radical (unpaired) electrons. The fourth-order valence-electron chi connectivity index (χ4n) is 2.14. The average molecular weight is 281 g/mol. The molecule has 0 aliphatic carbocycles. The minimum Gasteiger partial charge on any atom is -0.331 e. The Morgan fingerprint density at radius 1 is 1.37 bits per heavy atom. The van der Waals surface area contributed by atoms with Crippen LogP contribution in [0.4, 0.5) is 0 Å². The molecule has 0 amide bonds. The van der Waals surface area contributed by atoms with Gasteiger partial charge in [-0.2, -0.15) is 0 Å². The zero-order valence-electron chi connectivity index (χ0n) is 11.5. The lowest BCUT2D eigenvalue weighted by Crippen LogP contribution is -2.17. The van der Waals surface area contributed by atoms with Crippen LogP contribution in [0, 0.1) is 0 Å². The lowest BCUT2D eigenvalue weighted by molar-refractivity contribution is 0.602. The molecule has 0 unspecified atom stereocenters. The maximum Gasteiger partial charge on any atom is 0.177 e. The molecule has 0 fully saturated rings. The number of benzene rings is 1. The molecule has 5 nitrogen and oxygen atoms in total. The van der Waals surface area contributed by atoms with Crippen molar-refractivity contribution in [1.29, 1.82) is 0 Å². The van der Waals surface area contributed by atoms with Gasteiger partial charge < -0.3 is 9.88 Å². The number of likely N-dealkylation sites (N-methyl/N-ethyl adjacent to an activating group) is 1. The van der Waals surface area contributed by atoms with E-state index >= 15 is 0 Å². The van der Waals surface area contributed by atoms with E-state index in [9.17, 15) is 8.42 Å². The maximum atomic E-state index is 11.8. The van der Waals surface area contributed by atoms with E-state index in [1.165, 1.54) is 6.26 Å². The predicted octanol–water partition coefficient (Wildman–Crippen LogP) is 1.13. The summed E-state index contributed by atoms with van der Waals surface area (Å²) in [6, 6.07) is 5.26. The monoisotopic (exact) mass is 281 g/mol. The number of aromatic nitrogens is 2. The molecule has 1 aromatic heterocycles. The van der Waals surface area contributed by atoms with E-state index < -0.39 is 9.84 Å². The minimum absolute atomic E-state index is 0.301. The van der Waals surface area contributed by atoms with Gasteiger partial charge in [-0.25, -0.2) is 13.4 Å². The van der Waals surface area contributed by atoms with Gasteiger partial charge in [-0.1, -0.05) is 13.0 Å². The summed E-state index contributed by atoms with van der Waals surface area (Å²) < 4.78 is 25.5. The fraction of sp³-hybridized carbons (Fsp3) is 0.462. The number of nitrogens with one attached hydrogen (secondary N) is 1. The van der Waals surface area contributed by atoms with E-state index in [2.05, 4.69) is 17.2 Å². The summed E-state index contributed by atoms with van der Waals surface area (Å²) in [4.78, 5) is 4.80. The van der Waals surface area contributed by atoms with Crippen molar-refractivity contribution < 1.29 is 8.42 Å². The van der Waals surface area contributed by atoms with E-state index in [-0.39, 0.29) is 0 Å². The summed E-state index contributed by atoms with van der Waals surface area (Å²) in [5, 5.41) is 3.24. The molecule has 0 bridgehead atoms. The first kappa shape index (κ1) is 14.0. The molecule has 0 aliphatic heterocycles. The number of hydrogen-bond acceptors (Lipinski definition) is 4. The number of nitrogens with zero attached hydrogens (tertiary/aromatic N) is 2. The second kappa shape index (κ2) is 5.30. The van der Waals surface area contributed by atoms with Crippen molar-refractivity contribution >= 4 is 20.9 Å². The van der Waals surface area contributed by atoms with Crippen LogP contribution >= 0.6 is 0 Å². The third-order valence-corrected chi connectivity index (χ3v) is 4.27. The maximum absolute atomic E-state index is 11.8. The van der Waals surface area contributed by atoms with E-state index in [0.717, 1.165) is 30.9 Å². The van der Waals surface area contributed by atoms with Crippen LogP contribution in [0.2, 0.25) is 0 Å². The summed E-state index contributed by atoms with van der Waals surface area (Å²) >= 11 is 0. The Balaban J connectivity index is 2.51. The van der Waals surface area contributed by atoms with Crippen molar-refractivity contribution in [2.24, 2.45) is 7.05 Å². The Bertz CT molecular complexity index is 689. The molecular weight excluding hydrogens is 262 g/mol. The Labute approximate surface area is 113 Å².